The number of thiazole rings is 1. The lowest BCUT2D eigenvalue weighted by Gasteiger charge is -2.14. The summed E-state index contributed by atoms with van der Waals surface area (Å²) in [6, 6.07) is 5.02. The van der Waals surface area contributed by atoms with E-state index in [0.717, 1.165) is 16.9 Å². The highest BCUT2D eigenvalue weighted by atomic mass is 32.2. The standard InChI is InChI=1S/C20H25N5O4S2/c1-13(2)11-29-17-9-14(3)5-6-16(17)23-18(26)24-19-22-10-15(30-19)12-31(27,28)20-21-7-8-25(20)4/h5-10,13H,11-12H2,1-4H3,(H2,22,23,24,26). The van der Waals surface area contributed by atoms with Crippen molar-refractivity contribution < 1.29 is 17.9 Å². The van der Waals surface area contributed by atoms with Crippen LogP contribution in [0.5, 0.6) is 5.75 Å². The molecular weight excluding hydrogens is 438 g/mol. The number of aromatic nitrogens is 3. The minimum Gasteiger partial charge on any atom is -0.491 e. The van der Waals surface area contributed by atoms with E-state index in [4.69, 9.17) is 4.74 Å². The largest absolute Gasteiger partial charge is 0.491 e. The Bertz CT molecular complexity index is 1170. The normalized spacial score (nSPS) is 11.5. The minimum absolute atomic E-state index is 0.0125. The number of sulfone groups is 1. The first-order chi connectivity index (χ1) is 14.6. The Morgan fingerprint density at radius 3 is 2.71 bits per heavy atom. The summed E-state index contributed by atoms with van der Waals surface area (Å²) in [6.07, 6.45) is 4.44. The third-order valence-corrected chi connectivity index (χ3v) is 6.86. The number of rotatable bonds is 8. The van der Waals surface area contributed by atoms with E-state index >= 15 is 0 Å². The van der Waals surface area contributed by atoms with Gasteiger partial charge in [0.25, 0.3) is 0 Å². The average molecular weight is 464 g/mol. The Hall–Kier alpha value is -2.92. The number of aryl methyl sites for hydroxylation is 2. The van der Waals surface area contributed by atoms with Gasteiger partial charge in [0.15, 0.2) is 5.13 Å². The van der Waals surface area contributed by atoms with Crippen molar-refractivity contribution in [3.05, 3.63) is 47.2 Å². The van der Waals surface area contributed by atoms with Gasteiger partial charge in [0, 0.05) is 30.5 Å². The number of hydrogen-bond acceptors (Lipinski definition) is 7. The first-order valence-corrected chi connectivity index (χ1v) is 12.1. The van der Waals surface area contributed by atoms with Crippen molar-refractivity contribution in [3.8, 4) is 5.75 Å². The van der Waals surface area contributed by atoms with E-state index in [-0.39, 0.29) is 10.9 Å². The van der Waals surface area contributed by atoms with Gasteiger partial charge in [-0.3, -0.25) is 5.32 Å². The highest BCUT2D eigenvalue weighted by Gasteiger charge is 2.22. The fourth-order valence-electron chi connectivity index (χ4n) is 2.69. The SMILES string of the molecule is Cc1ccc(NC(=O)Nc2ncc(CS(=O)(=O)c3nccn3C)s2)c(OCC(C)C)c1. The molecule has 0 saturated heterocycles. The third-order valence-electron chi connectivity index (χ3n) is 4.12. The summed E-state index contributed by atoms with van der Waals surface area (Å²) in [4.78, 5) is 20.9. The van der Waals surface area contributed by atoms with Gasteiger partial charge in [0.2, 0.25) is 15.0 Å². The van der Waals surface area contributed by atoms with Gasteiger partial charge in [-0.25, -0.2) is 23.2 Å². The second-order valence-corrected chi connectivity index (χ2v) is 10.5. The maximum Gasteiger partial charge on any atom is 0.325 e. The molecule has 11 heteroatoms. The lowest BCUT2D eigenvalue weighted by Crippen LogP contribution is -2.20. The lowest BCUT2D eigenvalue weighted by molar-refractivity contribution is 0.260. The molecule has 0 aliphatic heterocycles. The van der Waals surface area contributed by atoms with Gasteiger partial charge in [-0.1, -0.05) is 19.9 Å². The van der Waals surface area contributed by atoms with E-state index in [1.165, 1.54) is 17.0 Å². The quantitative estimate of drug-likeness (QED) is 0.524. The molecule has 1 aromatic carbocycles. The molecule has 0 fully saturated rings. The van der Waals surface area contributed by atoms with Crippen molar-refractivity contribution in [2.75, 3.05) is 17.2 Å². The monoisotopic (exact) mass is 463 g/mol. The Balaban J connectivity index is 1.65. The van der Waals surface area contributed by atoms with Crippen LogP contribution in [0.15, 0.2) is 41.9 Å². The van der Waals surface area contributed by atoms with Crippen LogP contribution < -0.4 is 15.4 Å². The predicted octanol–water partition coefficient (Wildman–Crippen LogP) is 3.84. The van der Waals surface area contributed by atoms with Gasteiger partial charge < -0.3 is 14.6 Å². The Morgan fingerprint density at radius 2 is 2.03 bits per heavy atom. The van der Waals surface area contributed by atoms with Gasteiger partial charge in [0.05, 0.1) is 18.0 Å². The molecule has 0 aliphatic carbocycles. The summed E-state index contributed by atoms with van der Waals surface area (Å²) >= 11 is 1.09. The highest BCUT2D eigenvalue weighted by Crippen LogP contribution is 2.27. The van der Waals surface area contributed by atoms with E-state index in [1.54, 1.807) is 19.3 Å². The van der Waals surface area contributed by atoms with Crippen LogP contribution in [0.3, 0.4) is 0 Å². The summed E-state index contributed by atoms with van der Waals surface area (Å²) in [5.74, 6) is 0.687. The Labute approximate surface area is 185 Å². The molecule has 9 nitrogen and oxygen atoms in total. The first-order valence-electron chi connectivity index (χ1n) is 9.60. The van der Waals surface area contributed by atoms with E-state index in [0.29, 0.717) is 34.0 Å². The fraction of sp³-hybridized carbons (Fsp3) is 0.350. The van der Waals surface area contributed by atoms with Crippen LogP contribution in [0.4, 0.5) is 15.6 Å². The van der Waals surface area contributed by atoms with Gasteiger partial charge in [-0.15, -0.1) is 11.3 Å². The molecule has 0 bridgehead atoms. The summed E-state index contributed by atoms with van der Waals surface area (Å²) in [6.45, 7) is 6.57. The number of ether oxygens (including phenoxy) is 1. The molecule has 166 valence electrons. The number of nitrogens with zero attached hydrogens (tertiary/aromatic N) is 3. The number of hydrogen-bond donors (Lipinski definition) is 2. The average Bonchev–Trinajstić information content (AvgIpc) is 3.30. The molecule has 2 aromatic heterocycles. The number of amides is 2. The molecule has 0 saturated carbocycles. The number of carbonyl (C=O) groups excluding carboxylic acids is 1. The number of imidazole rings is 1. The molecule has 0 spiro atoms. The smallest absolute Gasteiger partial charge is 0.325 e. The second kappa shape index (κ2) is 9.48. The predicted molar refractivity (Wildman–Crippen MR) is 120 cm³/mol. The minimum atomic E-state index is -3.61. The highest BCUT2D eigenvalue weighted by molar-refractivity contribution is 7.90. The maximum atomic E-state index is 12.5. The molecule has 3 rings (SSSR count). The number of benzene rings is 1. The molecule has 31 heavy (non-hydrogen) atoms. The molecular formula is C20H25N5O4S2. The van der Waals surface area contributed by atoms with Crippen molar-refractivity contribution in [2.45, 2.75) is 31.7 Å². The van der Waals surface area contributed by atoms with Crippen molar-refractivity contribution in [3.63, 3.8) is 0 Å². The van der Waals surface area contributed by atoms with Crippen LogP contribution in [0.25, 0.3) is 0 Å². The Morgan fingerprint density at radius 1 is 1.26 bits per heavy atom. The number of anilines is 2. The van der Waals surface area contributed by atoms with E-state index in [2.05, 4.69) is 20.6 Å². The van der Waals surface area contributed by atoms with Gasteiger partial charge in [-0.05, 0) is 30.5 Å². The van der Waals surface area contributed by atoms with Crippen molar-refractivity contribution in [2.24, 2.45) is 13.0 Å². The van der Waals surface area contributed by atoms with Crippen molar-refractivity contribution >= 4 is 38.0 Å². The van der Waals surface area contributed by atoms with E-state index < -0.39 is 15.9 Å². The molecule has 2 amide bonds. The van der Waals surface area contributed by atoms with E-state index in [9.17, 15) is 13.2 Å². The molecule has 0 radical (unpaired) electrons. The maximum absolute atomic E-state index is 12.5. The van der Waals surface area contributed by atoms with Crippen molar-refractivity contribution in [1.29, 1.82) is 0 Å². The topological polar surface area (TPSA) is 115 Å². The van der Waals surface area contributed by atoms with Gasteiger partial charge in [-0.2, -0.15) is 0 Å². The first kappa shape index (κ1) is 22.8. The molecule has 3 aromatic rings. The van der Waals surface area contributed by atoms with Crippen LogP contribution in [0, 0.1) is 12.8 Å². The molecule has 0 atom stereocenters. The molecule has 2 heterocycles. The third kappa shape index (κ3) is 6.05. The van der Waals surface area contributed by atoms with Gasteiger partial charge in [0.1, 0.15) is 5.75 Å². The van der Waals surface area contributed by atoms with Crippen molar-refractivity contribution in [1.82, 2.24) is 14.5 Å². The van der Waals surface area contributed by atoms with Crippen LogP contribution >= 0.6 is 11.3 Å². The molecule has 0 aliphatic rings. The lowest BCUT2D eigenvalue weighted by atomic mass is 10.2. The van der Waals surface area contributed by atoms with Crippen LogP contribution in [0.1, 0.15) is 24.3 Å². The summed E-state index contributed by atoms with van der Waals surface area (Å²) in [7, 11) is -1.99. The van der Waals surface area contributed by atoms with Crippen LogP contribution in [-0.2, 0) is 22.6 Å². The number of urea groups is 1. The summed E-state index contributed by atoms with van der Waals surface area (Å²) in [5, 5.41) is 5.67. The summed E-state index contributed by atoms with van der Waals surface area (Å²) < 4.78 is 32.3. The van der Waals surface area contributed by atoms with Crippen LogP contribution in [0.2, 0.25) is 0 Å². The zero-order chi connectivity index (χ0) is 22.6. The molecule has 2 N–H and O–H groups in total. The number of carbonyl (C=O) groups is 1. The number of nitrogens with one attached hydrogen (secondary N) is 2. The Kier molecular flexibility index (Phi) is 6.96. The van der Waals surface area contributed by atoms with Crippen LogP contribution in [-0.4, -0.2) is 35.6 Å². The molecule has 0 unspecified atom stereocenters. The second-order valence-electron chi connectivity index (χ2n) is 7.50. The fourth-order valence-corrected chi connectivity index (χ4v) is 5.30. The van der Waals surface area contributed by atoms with Gasteiger partial charge >= 0.3 is 6.03 Å². The summed E-state index contributed by atoms with van der Waals surface area (Å²) in [5.41, 5.74) is 1.56. The van der Waals surface area contributed by atoms with E-state index in [1.807, 2.05) is 32.9 Å². The zero-order valence-electron chi connectivity index (χ0n) is 17.7. The zero-order valence-corrected chi connectivity index (χ0v) is 19.4.